The van der Waals surface area contributed by atoms with Gasteiger partial charge in [-0.05, 0) is 12.1 Å². The molecule has 1 N–H and O–H groups in total. The van der Waals surface area contributed by atoms with Gasteiger partial charge in [0, 0.05) is 26.1 Å². The fourth-order valence-electron chi connectivity index (χ4n) is 2.09. The van der Waals surface area contributed by atoms with Crippen LogP contribution in [0.25, 0.3) is 5.69 Å². The highest BCUT2D eigenvalue weighted by Crippen LogP contribution is 2.27. The van der Waals surface area contributed by atoms with E-state index in [1.165, 1.54) is 12.1 Å². The Morgan fingerprint density at radius 1 is 1.15 bits per heavy atom. The number of nitrogens with zero attached hydrogens (tertiary/aromatic N) is 2. The van der Waals surface area contributed by atoms with Crippen LogP contribution < -0.4 is 16.0 Å². The quantitative estimate of drug-likeness (QED) is 0.821. The zero-order valence-electron chi connectivity index (χ0n) is 13.4. The van der Waals surface area contributed by atoms with E-state index in [0.29, 0.717) is 11.5 Å². The number of rotatable bonds is 4. The molecule has 0 radical (unpaired) electrons. The van der Waals surface area contributed by atoms with Gasteiger partial charge in [0.05, 0.1) is 5.69 Å². The molecule has 0 aliphatic rings. The van der Waals surface area contributed by atoms with Crippen LogP contribution in [0.3, 0.4) is 0 Å². The molecule has 1 aromatic carbocycles. The van der Waals surface area contributed by atoms with Crippen LogP contribution in [0, 0.1) is 0 Å². The molecule has 0 aliphatic carbocycles. The molecule has 0 spiro atoms. The second-order valence-electron chi connectivity index (χ2n) is 5.36. The smallest absolute Gasteiger partial charge is 0.431 e. The van der Waals surface area contributed by atoms with E-state index in [0.717, 1.165) is 19.2 Å². The number of alkyl halides is 4. The molecule has 0 amide bonds. The molecule has 0 fully saturated rings. The molecule has 2 aromatic rings. The molecule has 0 saturated heterocycles. The van der Waals surface area contributed by atoms with Crippen molar-refractivity contribution < 1.29 is 32.2 Å². The molecule has 0 saturated carbocycles. The van der Waals surface area contributed by atoms with E-state index in [1.807, 2.05) is 0 Å². The van der Waals surface area contributed by atoms with Gasteiger partial charge in [0.15, 0.2) is 0 Å². The number of halogens is 4. The topological polar surface area (TPSA) is 90.5 Å². The summed E-state index contributed by atoms with van der Waals surface area (Å²) in [6, 6.07) is 4.76. The second kappa shape index (κ2) is 6.32. The van der Waals surface area contributed by atoms with Crippen molar-refractivity contribution >= 4 is 5.97 Å². The predicted molar refractivity (Wildman–Crippen MR) is 80.1 cm³/mol. The number of benzene rings is 1. The number of hydrogen-bond donors (Lipinski definition) is 1. The van der Waals surface area contributed by atoms with Crippen LogP contribution in [0.1, 0.15) is 12.6 Å². The van der Waals surface area contributed by atoms with Crippen molar-refractivity contribution in [2.24, 2.45) is 7.05 Å². The Kier molecular flexibility index (Phi) is 4.67. The van der Waals surface area contributed by atoms with Crippen LogP contribution in [0.15, 0.2) is 39.9 Å². The van der Waals surface area contributed by atoms with Gasteiger partial charge >= 0.3 is 23.7 Å². The zero-order valence-corrected chi connectivity index (χ0v) is 13.4. The van der Waals surface area contributed by atoms with Crippen LogP contribution in [0.4, 0.5) is 17.6 Å². The Balaban J connectivity index is 2.59. The minimum Gasteiger partial charge on any atom is -0.476 e. The van der Waals surface area contributed by atoms with Gasteiger partial charge in [-0.1, -0.05) is 6.07 Å². The standard InChI is InChI=1S/C15H12F4N2O5/c1-14(16,12(23)24)26-9-5-3-4-8(6-9)21-11(22)7-10(15(17,18)19)20(2)13(21)25/h3-7H,1-2H3,(H,23,24). The van der Waals surface area contributed by atoms with Gasteiger partial charge in [0.25, 0.3) is 5.56 Å². The number of hydrogen-bond acceptors (Lipinski definition) is 4. The van der Waals surface area contributed by atoms with Crippen LogP contribution >= 0.6 is 0 Å². The Bertz CT molecular complexity index is 975. The highest BCUT2D eigenvalue weighted by atomic mass is 19.4. The molecule has 140 valence electrons. The summed E-state index contributed by atoms with van der Waals surface area (Å²) in [7, 11) is 0.838. The third-order valence-corrected chi connectivity index (χ3v) is 3.38. The number of ether oxygens (including phenoxy) is 1. The Labute approximate surface area is 142 Å². The molecule has 7 nitrogen and oxygen atoms in total. The van der Waals surface area contributed by atoms with Crippen molar-refractivity contribution in [3.63, 3.8) is 0 Å². The van der Waals surface area contributed by atoms with Crippen molar-refractivity contribution in [3.8, 4) is 11.4 Å². The summed E-state index contributed by atoms with van der Waals surface area (Å²) in [6.45, 7) is 0.630. The lowest BCUT2D eigenvalue weighted by molar-refractivity contribution is -0.170. The zero-order chi connectivity index (χ0) is 19.9. The largest absolute Gasteiger partial charge is 0.476 e. The van der Waals surface area contributed by atoms with E-state index >= 15 is 0 Å². The van der Waals surface area contributed by atoms with E-state index in [1.54, 1.807) is 0 Å². The molecule has 1 aromatic heterocycles. The minimum absolute atomic E-state index is 0.219. The van der Waals surface area contributed by atoms with Crippen LogP contribution in [0.2, 0.25) is 0 Å². The molecule has 26 heavy (non-hydrogen) atoms. The number of carboxylic acid groups (broad SMARTS) is 1. The number of aliphatic carboxylic acids is 1. The van der Waals surface area contributed by atoms with Gasteiger partial charge in [-0.25, -0.2) is 14.2 Å². The lowest BCUT2D eigenvalue weighted by atomic mass is 10.2. The fourth-order valence-corrected chi connectivity index (χ4v) is 2.09. The van der Waals surface area contributed by atoms with Crippen LogP contribution in [0.5, 0.6) is 5.75 Å². The molecule has 0 aliphatic heterocycles. The Morgan fingerprint density at radius 2 is 1.77 bits per heavy atom. The lowest BCUT2D eigenvalue weighted by Crippen LogP contribution is -2.40. The first kappa shape index (κ1) is 19.2. The third kappa shape index (κ3) is 3.60. The molecule has 1 atom stereocenters. The summed E-state index contributed by atoms with van der Waals surface area (Å²) in [5, 5.41) is 8.71. The molecule has 2 rings (SSSR count). The van der Waals surface area contributed by atoms with Gasteiger partial charge in [0.1, 0.15) is 11.4 Å². The first-order valence-corrected chi connectivity index (χ1v) is 6.96. The monoisotopic (exact) mass is 376 g/mol. The van der Waals surface area contributed by atoms with E-state index in [4.69, 9.17) is 5.11 Å². The van der Waals surface area contributed by atoms with Gasteiger partial charge in [-0.2, -0.15) is 17.6 Å². The summed E-state index contributed by atoms with van der Waals surface area (Å²) >= 11 is 0. The summed E-state index contributed by atoms with van der Waals surface area (Å²) in [6.07, 6.45) is -4.91. The molecular weight excluding hydrogens is 364 g/mol. The van der Waals surface area contributed by atoms with Crippen molar-refractivity contribution in [3.05, 3.63) is 56.9 Å². The van der Waals surface area contributed by atoms with Gasteiger partial charge in [-0.15, -0.1) is 0 Å². The van der Waals surface area contributed by atoms with Gasteiger partial charge < -0.3 is 9.84 Å². The summed E-state index contributed by atoms with van der Waals surface area (Å²) in [5.74, 6) is -5.34. The summed E-state index contributed by atoms with van der Waals surface area (Å²) in [5.41, 5.74) is -4.21. The molecule has 1 unspecified atom stereocenters. The van der Waals surface area contributed by atoms with Gasteiger partial charge in [-0.3, -0.25) is 9.36 Å². The predicted octanol–water partition coefficient (Wildman–Crippen LogP) is 1.70. The highest BCUT2D eigenvalue weighted by molar-refractivity contribution is 5.75. The van der Waals surface area contributed by atoms with Crippen molar-refractivity contribution in [2.75, 3.05) is 0 Å². The molecule has 0 bridgehead atoms. The van der Waals surface area contributed by atoms with Crippen LogP contribution in [-0.4, -0.2) is 26.1 Å². The maximum Gasteiger partial charge on any atom is 0.431 e. The van der Waals surface area contributed by atoms with Crippen molar-refractivity contribution in [2.45, 2.75) is 19.0 Å². The third-order valence-electron chi connectivity index (χ3n) is 3.38. The molecule has 11 heteroatoms. The van der Waals surface area contributed by atoms with Crippen molar-refractivity contribution in [1.29, 1.82) is 0 Å². The lowest BCUT2D eigenvalue weighted by Gasteiger charge is -2.18. The van der Waals surface area contributed by atoms with E-state index in [9.17, 15) is 31.9 Å². The SMILES string of the molecule is Cn1c(C(F)(F)F)cc(=O)n(-c2cccc(OC(C)(F)C(=O)O)c2)c1=O. The average molecular weight is 376 g/mol. The minimum atomic E-state index is -4.91. The first-order valence-electron chi connectivity index (χ1n) is 6.96. The van der Waals surface area contributed by atoms with E-state index in [2.05, 4.69) is 4.74 Å². The molecule has 1 heterocycles. The normalized spacial score (nSPS) is 13.9. The average Bonchev–Trinajstić information content (AvgIpc) is 2.49. The fraction of sp³-hybridized carbons (Fsp3) is 0.267. The first-order chi connectivity index (χ1) is 11.8. The highest BCUT2D eigenvalue weighted by Gasteiger charge is 2.36. The maximum absolute atomic E-state index is 13.8. The second-order valence-corrected chi connectivity index (χ2v) is 5.36. The number of carbonyl (C=O) groups is 1. The van der Waals surface area contributed by atoms with E-state index < -0.39 is 34.9 Å². The molecular formula is C15H12F4N2O5. The maximum atomic E-state index is 13.8. The summed E-state index contributed by atoms with van der Waals surface area (Å²) in [4.78, 5) is 34.9. The van der Waals surface area contributed by atoms with Crippen LogP contribution in [-0.2, 0) is 18.0 Å². The summed E-state index contributed by atoms with van der Waals surface area (Å²) < 4.78 is 57.6. The van der Waals surface area contributed by atoms with E-state index in [-0.39, 0.29) is 22.1 Å². The number of aromatic nitrogens is 2. The Hall–Kier alpha value is -3.11. The van der Waals surface area contributed by atoms with Gasteiger partial charge in [0.2, 0.25) is 0 Å². The van der Waals surface area contributed by atoms with Crippen molar-refractivity contribution in [1.82, 2.24) is 9.13 Å². The number of carboxylic acids is 1. The Morgan fingerprint density at radius 3 is 2.31 bits per heavy atom.